The van der Waals surface area contributed by atoms with Crippen molar-refractivity contribution in [2.75, 3.05) is 27.2 Å². The van der Waals surface area contributed by atoms with Crippen molar-refractivity contribution in [3.63, 3.8) is 0 Å². The third-order valence-electron chi connectivity index (χ3n) is 5.99. The number of fused-ring (bicyclic) bond motifs is 2. The molecule has 4 heterocycles. The van der Waals surface area contributed by atoms with Crippen LogP contribution in [0.15, 0.2) is 42.9 Å². The lowest BCUT2D eigenvalue weighted by molar-refractivity contribution is 0.0856. The van der Waals surface area contributed by atoms with Crippen molar-refractivity contribution in [2.45, 2.75) is 13.0 Å². The predicted octanol–water partition coefficient (Wildman–Crippen LogP) is 4.21. The zero-order chi connectivity index (χ0) is 23.1. The summed E-state index contributed by atoms with van der Waals surface area (Å²) in [5.74, 6) is -0.123. The fraction of sp³-hybridized carbons (Fsp3) is 0.292. The Labute approximate surface area is 195 Å². The van der Waals surface area contributed by atoms with E-state index in [1.54, 1.807) is 18.5 Å². The maximum absolute atomic E-state index is 13.7. The van der Waals surface area contributed by atoms with Gasteiger partial charge in [0.05, 0.1) is 35.5 Å². The number of hydrogen-bond donors (Lipinski definition) is 1. The van der Waals surface area contributed by atoms with E-state index in [9.17, 15) is 9.18 Å². The number of Topliss-reactive ketones (excluding diaryl/α,β-unsaturated/α-hetero) is 1. The van der Waals surface area contributed by atoms with Crippen molar-refractivity contribution < 1.29 is 13.9 Å². The third-order valence-corrected chi connectivity index (χ3v) is 6.28. The number of rotatable bonds is 6. The average molecular weight is 468 g/mol. The summed E-state index contributed by atoms with van der Waals surface area (Å²) in [6, 6.07) is 6.36. The van der Waals surface area contributed by atoms with Crippen LogP contribution in [0.1, 0.15) is 15.9 Å². The first kappa shape index (κ1) is 21.6. The molecular formula is C24H23ClFN5O2. The van der Waals surface area contributed by atoms with Gasteiger partial charge in [-0.15, -0.1) is 0 Å². The van der Waals surface area contributed by atoms with Gasteiger partial charge in [0.25, 0.3) is 0 Å². The number of nitrogens with one attached hydrogen (secondary N) is 1. The number of carbonyl (C=O) groups excluding carboxylic acids is 1. The van der Waals surface area contributed by atoms with Gasteiger partial charge in [0.1, 0.15) is 16.7 Å². The molecule has 0 spiro atoms. The molecule has 9 heteroatoms. The van der Waals surface area contributed by atoms with Crippen LogP contribution in [-0.2, 0) is 13.0 Å². The highest BCUT2D eigenvalue weighted by Gasteiger charge is 2.29. The highest BCUT2D eigenvalue weighted by atomic mass is 35.5. The van der Waals surface area contributed by atoms with Crippen molar-refractivity contribution in [2.24, 2.45) is 5.92 Å². The maximum atomic E-state index is 13.7. The number of benzene rings is 1. The molecule has 1 aliphatic heterocycles. The van der Waals surface area contributed by atoms with Crippen LogP contribution in [0.5, 0.6) is 5.75 Å². The SMILES string of the molecule is CN(C)CCn1cc(C(=O)C2COc3ccc(F)cc3C2)c2cnc(-c3cn[nH]c3Cl)cc21. The summed E-state index contributed by atoms with van der Waals surface area (Å²) in [4.78, 5) is 20.2. The Morgan fingerprint density at radius 1 is 1.33 bits per heavy atom. The first-order valence-electron chi connectivity index (χ1n) is 10.7. The second-order valence-electron chi connectivity index (χ2n) is 8.55. The smallest absolute Gasteiger partial charge is 0.171 e. The van der Waals surface area contributed by atoms with E-state index in [0.29, 0.717) is 46.3 Å². The monoisotopic (exact) mass is 467 g/mol. The minimum atomic E-state index is -0.393. The highest BCUT2D eigenvalue weighted by Crippen LogP contribution is 2.33. The van der Waals surface area contributed by atoms with E-state index < -0.39 is 5.92 Å². The van der Waals surface area contributed by atoms with Crippen LogP contribution in [-0.4, -0.2) is 57.7 Å². The van der Waals surface area contributed by atoms with Gasteiger partial charge in [-0.2, -0.15) is 5.10 Å². The highest BCUT2D eigenvalue weighted by molar-refractivity contribution is 6.32. The number of ether oxygens (including phenoxy) is 1. The number of ketones is 1. The van der Waals surface area contributed by atoms with Crippen molar-refractivity contribution in [1.82, 2.24) is 24.6 Å². The molecule has 1 aliphatic rings. The fourth-order valence-corrected chi connectivity index (χ4v) is 4.42. The molecule has 0 amide bonds. The first-order valence-corrected chi connectivity index (χ1v) is 11.1. The standard InChI is InChI=1S/C24H23ClFN5O2/c1-30(2)5-6-31-12-19(17-10-27-20(9-21(17)31)18-11-28-29-24(18)25)23(32)15-7-14-8-16(26)3-4-22(14)33-13-15/h3-4,8-12,15H,5-7,13H2,1-2H3,(H,28,29). The van der Waals surface area contributed by atoms with Gasteiger partial charge in [0, 0.05) is 36.4 Å². The summed E-state index contributed by atoms with van der Waals surface area (Å²) in [6.45, 7) is 1.77. The van der Waals surface area contributed by atoms with Gasteiger partial charge in [-0.3, -0.25) is 14.9 Å². The molecule has 170 valence electrons. The Morgan fingerprint density at radius 3 is 2.94 bits per heavy atom. The van der Waals surface area contributed by atoms with Crippen LogP contribution in [0.4, 0.5) is 4.39 Å². The molecule has 7 nitrogen and oxygen atoms in total. The van der Waals surface area contributed by atoms with Gasteiger partial charge < -0.3 is 14.2 Å². The number of aromatic nitrogens is 4. The summed E-state index contributed by atoms with van der Waals surface area (Å²) in [7, 11) is 4.01. The predicted molar refractivity (Wildman–Crippen MR) is 124 cm³/mol. The summed E-state index contributed by atoms with van der Waals surface area (Å²) in [6.07, 6.45) is 5.67. The number of likely N-dealkylation sites (N-methyl/N-ethyl adjacent to an activating group) is 1. The molecular weight excluding hydrogens is 445 g/mol. The summed E-state index contributed by atoms with van der Waals surface area (Å²) >= 11 is 6.21. The molecule has 5 rings (SSSR count). The fourth-order valence-electron chi connectivity index (χ4n) is 4.22. The minimum absolute atomic E-state index is 0.0330. The van der Waals surface area contributed by atoms with Gasteiger partial charge in [0.15, 0.2) is 5.78 Å². The Kier molecular flexibility index (Phi) is 5.64. The molecule has 4 aromatic rings. The van der Waals surface area contributed by atoms with Crippen molar-refractivity contribution in [3.05, 3.63) is 65.0 Å². The van der Waals surface area contributed by atoms with Gasteiger partial charge >= 0.3 is 0 Å². The van der Waals surface area contributed by atoms with E-state index in [-0.39, 0.29) is 18.2 Å². The lowest BCUT2D eigenvalue weighted by Crippen LogP contribution is -2.28. The summed E-state index contributed by atoms with van der Waals surface area (Å²) < 4.78 is 21.6. The average Bonchev–Trinajstić information content (AvgIpc) is 3.39. The number of pyridine rings is 1. The Bertz CT molecular complexity index is 1350. The molecule has 0 aliphatic carbocycles. The van der Waals surface area contributed by atoms with Gasteiger partial charge in [-0.05, 0) is 50.3 Å². The number of H-pyrrole nitrogens is 1. The van der Waals surface area contributed by atoms with Gasteiger partial charge in [-0.1, -0.05) is 11.6 Å². The molecule has 1 aromatic carbocycles. The number of carbonyl (C=O) groups is 1. The first-order chi connectivity index (χ1) is 15.9. The lowest BCUT2D eigenvalue weighted by atomic mass is 9.90. The number of halogens is 2. The van der Waals surface area contributed by atoms with Crippen molar-refractivity contribution in [3.8, 4) is 17.0 Å². The second-order valence-corrected chi connectivity index (χ2v) is 8.93. The van der Waals surface area contributed by atoms with Gasteiger partial charge in [-0.25, -0.2) is 4.39 Å². The molecule has 0 saturated heterocycles. The van der Waals surface area contributed by atoms with E-state index in [1.165, 1.54) is 12.1 Å². The van der Waals surface area contributed by atoms with Crippen LogP contribution in [0.2, 0.25) is 5.15 Å². The lowest BCUT2D eigenvalue weighted by Gasteiger charge is -2.24. The zero-order valence-corrected chi connectivity index (χ0v) is 19.1. The van der Waals surface area contributed by atoms with E-state index in [1.807, 2.05) is 26.4 Å². The summed E-state index contributed by atoms with van der Waals surface area (Å²) in [5, 5.41) is 7.87. The third kappa shape index (κ3) is 4.12. The largest absolute Gasteiger partial charge is 0.493 e. The minimum Gasteiger partial charge on any atom is -0.493 e. The molecule has 0 radical (unpaired) electrons. The molecule has 3 aromatic heterocycles. The normalized spacial score (nSPS) is 15.6. The Hall–Kier alpha value is -3.23. The van der Waals surface area contributed by atoms with Crippen molar-refractivity contribution >= 4 is 28.3 Å². The van der Waals surface area contributed by atoms with Crippen LogP contribution in [0.3, 0.4) is 0 Å². The molecule has 0 saturated carbocycles. The number of aromatic amines is 1. The molecule has 1 unspecified atom stereocenters. The van der Waals surface area contributed by atoms with Crippen LogP contribution in [0, 0.1) is 11.7 Å². The maximum Gasteiger partial charge on any atom is 0.171 e. The van der Waals surface area contributed by atoms with E-state index >= 15 is 0 Å². The van der Waals surface area contributed by atoms with Crippen LogP contribution in [0.25, 0.3) is 22.2 Å². The van der Waals surface area contributed by atoms with E-state index in [4.69, 9.17) is 16.3 Å². The van der Waals surface area contributed by atoms with Crippen LogP contribution >= 0.6 is 11.6 Å². The van der Waals surface area contributed by atoms with E-state index in [0.717, 1.165) is 17.4 Å². The summed E-state index contributed by atoms with van der Waals surface area (Å²) in [5.41, 5.74) is 3.58. The molecule has 1 atom stereocenters. The van der Waals surface area contributed by atoms with E-state index in [2.05, 4.69) is 24.6 Å². The molecule has 0 fully saturated rings. The zero-order valence-electron chi connectivity index (χ0n) is 18.3. The number of hydrogen-bond acceptors (Lipinski definition) is 5. The molecule has 0 bridgehead atoms. The van der Waals surface area contributed by atoms with Gasteiger partial charge in [0.2, 0.25) is 0 Å². The number of nitrogens with zero attached hydrogens (tertiary/aromatic N) is 4. The Morgan fingerprint density at radius 2 is 2.18 bits per heavy atom. The quantitative estimate of drug-likeness (QED) is 0.430. The Balaban J connectivity index is 1.53. The molecule has 33 heavy (non-hydrogen) atoms. The topological polar surface area (TPSA) is 76.0 Å². The van der Waals surface area contributed by atoms with Crippen molar-refractivity contribution in [1.29, 1.82) is 0 Å². The van der Waals surface area contributed by atoms with Crippen LogP contribution < -0.4 is 4.74 Å². The second kappa shape index (κ2) is 8.61. The molecule has 1 N–H and O–H groups in total.